The molecule has 0 saturated carbocycles. The van der Waals surface area contributed by atoms with Gasteiger partial charge in [0.15, 0.2) is 0 Å². The first-order chi connectivity index (χ1) is 9.28. The smallest absolute Gasteiger partial charge is 0.142 e. The molecular weight excluding hydrogens is 258 g/mol. The fourth-order valence-electron chi connectivity index (χ4n) is 1.59. The Bertz CT molecular complexity index is 532. The molecule has 0 bridgehead atoms. The zero-order valence-electron chi connectivity index (χ0n) is 10.8. The van der Waals surface area contributed by atoms with Gasteiger partial charge in [0.25, 0.3) is 0 Å². The topological polar surface area (TPSA) is 21.6 Å². The zero-order chi connectivity index (χ0) is 13.5. The molecule has 0 saturated heterocycles. The van der Waals surface area contributed by atoms with Crippen LogP contribution in [0.4, 0.5) is 0 Å². The van der Waals surface area contributed by atoms with E-state index in [4.69, 9.17) is 16.4 Å². The molecule has 0 atom stereocenters. The molecule has 0 aliphatic carbocycles. The Labute approximate surface area is 118 Å². The van der Waals surface area contributed by atoms with Crippen LogP contribution in [0, 0.1) is 0 Å². The molecule has 0 fully saturated rings. The minimum atomic E-state index is 0.449. The van der Waals surface area contributed by atoms with Gasteiger partial charge < -0.3 is 4.84 Å². The molecule has 2 aromatic carbocycles. The Hall–Kier alpha value is -1.80. The van der Waals surface area contributed by atoms with Crippen LogP contribution in [0.25, 0.3) is 0 Å². The summed E-state index contributed by atoms with van der Waals surface area (Å²) >= 11 is 5.79. The van der Waals surface area contributed by atoms with Gasteiger partial charge in [0, 0.05) is 10.6 Å². The molecule has 19 heavy (non-hydrogen) atoms. The fraction of sp³-hybridized carbons (Fsp3) is 0.188. The predicted molar refractivity (Wildman–Crippen MR) is 78.6 cm³/mol. The highest BCUT2D eigenvalue weighted by Gasteiger charge is 1.94. The molecule has 97 valence electrons. The number of hydrogen-bond acceptors (Lipinski definition) is 2. The molecular formula is C16H15ClNO. The van der Waals surface area contributed by atoms with E-state index in [0.717, 1.165) is 17.5 Å². The molecule has 2 nitrogen and oxygen atoms in total. The normalized spacial score (nSPS) is 10.8. The van der Waals surface area contributed by atoms with Crippen LogP contribution in [-0.2, 0) is 17.9 Å². The summed E-state index contributed by atoms with van der Waals surface area (Å²) in [6, 6.07) is 15.6. The van der Waals surface area contributed by atoms with Crippen LogP contribution in [0.3, 0.4) is 0 Å². The van der Waals surface area contributed by atoms with E-state index >= 15 is 0 Å². The number of rotatable bonds is 5. The SMILES string of the molecule is CCc1ccc(CO/N=[C]\c2ccc(Cl)cc2)cc1. The zero-order valence-corrected chi connectivity index (χ0v) is 11.5. The minimum absolute atomic E-state index is 0.449. The van der Waals surface area contributed by atoms with Gasteiger partial charge in [-0.2, -0.15) is 0 Å². The number of halogens is 1. The van der Waals surface area contributed by atoms with Crippen LogP contribution in [0.2, 0.25) is 5.02 Å². The maximum atomic E-state index is 5.79. The summed E-state index contributed by atoms with van der Waals surface area (Å²) < 4.78 is 0. The van der Waals surface area contributed by atoms with E-state index in [1.54, 1.807) is 12.1 Å². The molecule has 0 aliphatic heterocycles. The Balaban J connectivity index is 1.83. The molecule has 2 rings (SSSR count). The third-order valence-electron chi connectivity index (χ3n) is 2.75. The van der Waals surface area contributed by atoms with Crippen LogP contribution in [0.5, 0.6) is 0 Å². The molecule has 1 radical (unpaired) electrons. The van der Waals surface area contributed by atoms with Gasteiger partial charge in [-0.3, -0.25) is 0 Å². The van der Waals surface area contributed by atoms with Crippen molar-refractivity contribution >= 4 is 17.8 Å². The van der Waals surface area contributed by atoms with Crippen molar-refractivity contribution in [1.82, 2.24) is 0 Å². The summed E-state index contributed by atoms with van der Waals surface area (Å²) in [5.41, 5.74) is 3.25. The van der Waals surface area contributed by atoms with Gasteiger partial charge in [-0.25, -0.2) is 0 Å². The van der Waals surface area contributed by atoms with Crippen molar-refractivity contribution in [1.29, 1.82) is 0 Å². The van der Waals surface area contributed by atoms with Gasteiger partial charge in [-0.1, -0.05) is 60.1 Å². The lowest BCUT2D eigenvalue weighted by Crippen LogP contribution is -1.89. The molecule has 0 heterocycles. The summed E-state index contributed by atoms with van der Waals surface area (Å²) in [4.78, 5) is 5.21. The molecule has 0 spiro atoms. The third kappa shape index (κ3) is 4.42. The monoisotopic (exact) mass is 272 g/mol. The molecule has 0 unspecified atom stereocenters. The lowest BCUT2D eigenvalue weighted by atomic mass is 10.1. The molecule has 0 amide bonds. The van der Waals surface area contributed by atoms with E-state index in [0.29, 0.717) is 11.6 Å². The molecule has 0 aromatic heterocycles. The fourth-order valence-corrected chi connectivity index (χ4v) is 1.71. The second-order valence-corrected chi connectivity index (χ2v) is 4.59. The van der Waals surface area contributed by atoms with Gasteiger partial charge in [-0.05, 0) is 29.7 Å². The second-order valence-electron chi connectivity index (χ2n) is 4.15. The average Bonchev–Trinajstić information content (AvgIpc) is 2.46. The van der Waals surface area contributed by atoms with Crippen LogP contribution in [0.15, 0.2) is 53.7 Å². The summed E-state index contributed by atoms with van der Waals surface area (Å²) in [5.74, 6) is 0. The number of nitrogens with zero attached hydrogens (tertiary/aromatic N) is 1. The Morgan fingerprint density at radius 1 is 1.00 bits per heavy atom. The highest BCUT2D eigenvalue weighted by molar-refractivity contribution is 6.30. The van der Waals surface area contributed by atoms with E-state index in [1.165, 1.54) is 5.56 Å². The van der Waals surface area contributed by atoms with E-state index in [1.807, 2.05) is 12.1 Å². The summed E-state index contributed by atoms with van der Waals surface area (Å²) in [7, 11) is 0. The average molecular weight is 273 g/mol. The van der Waals surface area contributed by atoms with E-state index in [9.17, 15) is 0 Å². The quantitative estimate of drug-likeness (QED) is 0.586. The standard InChI is InChI=1S/C16H15ClNO/c1-2-13-3-5-15(6-4-13)12-19-18-11-14-7-9-16(17)10-8-14/h3-10H,2,12H2,1H3. The van der Waals surface area contributed by atoms with E-state index in [2.05, 4.69) is 42.6 Å². The van der Waals surface area contributed by atoms with Crippen molar-refractivity contribution in [2.24, 2.45) is 5.16 Å². The Morgan fingerprint density at radius 3 is 2.26 bits per heavy atom. The van der Waals surface area contributed by atoms with Crippen molar-refractivity contribution in [3.8, 4) is 0 Å². The van der Waals surface area contributed by atoms with Crippen LogP contribution in [0.1, 0.15) is 23.6 Å². The molecule has 2 aromatic rings. The Morgan fingerprint density at radius 2 is 1.63 bits per heavy atom. The third-order valence-corrected chi connectivity index (χ3v) is 3.00. The van der Waals surface area contributed by atoms with Gasteiger partial charge in [0.1, 0.15) is 12.8 Å². The maximum Gasteiger partial charge on any atom is 0.142 e. The van der Waals surface area contributed by atoms with Crippen molar-refractivity contribution in [2.75, 3.05) is 0 Å². The van der Waals surface area contributed by atoms with E-state index in [-0.39, 0.29) is 0 Å². The van der Waals surface area contributed by atoms with Gasteiger partial charge in [0.2, 0.25) is 0 Å². The molecule has 0 N–H and O–H groups in total. The number of benzene rings is 2. The number of hydrogen-bond donors (Lipinski definition) is 0. The van der Waals surface area contributed by atoms with Gasteiger partial charge in [0.05, 0.1) is 0 Å². The highest BCUT2D eigenvalue weighted by Crippen LogP contribution is 2.09. The predicted octanol–water partition coefficient (Wildman–Crippen LogP) is 4.33. The first-order valence-electron chi connectivity index (χ1n) is 6.19. The first kappa shape index (κ1) is 13.6. The second kappa shape index (κ2) is 6.95. The summed E-state index contributed by atoms with van der Waals surface area (Å²) in [5, 5.41) is 4.51. The van der Waals surface area contributed by atoms with Crippen molar-refractivity contribution in [3.05, 3.63) is 70.2 Å². The van der Waals surface area contributed by atoms with Crippen molar-refractivity contribution < 1.29 is 4.84 Å². The summed E-state index contributed by atoms with van der Waals surface area (Å²) in [6.07, 6.45) is 3.85. The number of aryl methyl sites for hydroxylation is 1. The van der Waals surface area contributed by atoms with Gasteiger partial charge >= 0.3 is 0 Å². The maximum absolute atomic E-state index is 5.79. The highest BCUT2D eigenvalue weighted by atomic mass is 35.5. The molecule has 0 aliphatic rings. The van der Waals surface area contributed by atoms with E-state index < -0.39 is 0 Å². The van der Waals surface area contributed by atoms with Crippen LogP contribution in [-0.4, -0.2) is 6.21 Å². The lowest BCUT2D eigenvalue weighted by molar-refractivity contribution is 0.132. The van der Waals surface area contributed by atoms with Crippen molar-refractivity contribution in [2.45, 2.75) is 20.0 Å². The van der Waals surface area contributed by atoms with Crippen molar-refractivity contribution in [3.63, 3.8) is 0 Å². The lowest BCUT2D eigenvalue weighted by Gasteiger charge is -2.01. The molecule has 3 heteroatoms. The van der Waals surface area contributed by atoms with Crippen LogP contribution < -0.4 is 0 Å². The first-order valence-corrected chi connectivity index (χ1v) is 6.57. The largest absolute Gasteiger partial charge is 0.390 e. The van der Waals surface area contributed by atoms with Crippen LogP contribution >= 0.6 is 11.6 Å². The summed E-state index contributed by atoms with van der Waals surface area (Å²) in [6.45, 7) is 2.58. The minimum Gasteiger partial charge on any atom is -0.390 e. The van der Waals surface area contributed by atoms with Gasteiger partial charge in [-0.15, -0.1) is 0 Å². The Kier molecular flexibility index (Phi) is 4.99.